The second kappa shape index (κ2) is 5.90. The summed E-state index contributed by atoms with van der Waals surface area (Å²) in [5, 5.41) is 4.32. The van der Waals surface area contributed by atoms with Crippen LogP contribution >= 0.6 is 11.6 Å². The summed E-state index contributed by atoms with van der Waals surface area (Å²) in [6.45, 7) is 1.63. The Morgan fingerprint density at radius 3 is 2.90 bits per heavy atom. The summed E-state index contributed by atoms with van der Waals surface area (Å²) < 4.78 is 5.41. The van der Waals surface area contributed by atoms with E-state index in [-0.39, 0.29) is 0 Å². The van der Waals surface area contributed by atoms with Crippen molar-refractivity contribution in [1.29, 1.82) is 0 Å². The van der Waals surface area contributed by atoms with E-state index in [4.69, 9.17) is 16.0 Å². The molecule has 0 atom stereocenters. The molecular weight excluding hydrogens is 272 g/mol. The summed E-state index contributed by atoms with van der Waals surface area (Å²) in [7, 11) is 2.06. The first-order chi connectivity index (χ1) is 9.72. The predicted octanol–water partition coefficient (Wildman–Crippen LogP) is 3.82. The van der Waals surface area contributed by atoms with E-state index in [9.17, 15) is 0 Å². The lowest BCUT2D eigenvalue weighted by Gasteiger charge is -2.22. The third kappa shape index (κ3) is 3.35. The Bertz CT molecular complexity index is 564. The van der Waals surface area contributed by atoms with Crippen molar-refractivity contribution < 1.29 is 4.42 Å². The van der Waals surface area contributed by atoms with Crippen LogP contribution in [0, 0.1) is 0 Å². The van der Waals surface area contributed by atoms with Crippen LogP contribution in [0.2, 0.25) is 5.02 Å². The Labute approximate surface area is 124 Å². The molecule has 1 saturated carbocycles. The normalized spacial score (nSPS) is 14.5. The predicted molar refractivity (Wildman–Crippen MR) is 82.1 cm³/mol. The van der Waals surface area contributed by atoms with Gasteiger partial charge in [-0.15, -0.1) is 0 Å². The second-order valence-corrected chi connectivity index (χ2v) is 5.80. The average Bonchev–Trinajstić information content (AvgIpc) is 3.13. The van der Waals surface area contributed by atoms with Gasteiger partial charge in [0.2, 0.25) is 0 Å². The Morgan fingerprint density at radius 2 is 2.20 bits per heavy atom. The molecule has 20 heavy (non-hydrogen) atoms. The van der Waals surface area contributed by atoms with E-state index < -0.39 is 0 Å². The van der Waals surface area contributed by atoms with Crippen molar-refractivity contribution in [2.24, 2.45) is 0 Å². The smallest absolute Gasteiger partial charge is 0.123 e. The van der Waals surface area contributed by atoms with Crippen LogP contribution in [0.15, 0.2) is 41.0 Å². The van der Waals surface area contributed by atoms with E-state index in [0.717, 1.165) is 29.6 Å². The van der Waals surface area contributed by atoms with Crippen molar-refractivity contribution in [3.8, 4) is 0 Å². The highest BCUT2D eigenvalue weighted by molar-refractivity contribution is 6.30. The SMILES string of the molecule is CN(Cc1ccco1)c1cc(Cl)ccc1CNC1CC1. The van der Waals surface area contributed by atoms with Crippen molar-refractivity contribution in [2.45, 2.75) is 32.0 Å². The number of halogens is 1. The molecule has 1 fully saturated rings. The minimum atomic E-state index is 0.703. The molecule has 1 aromatic carbocycles. The van der Waals surface area contributed by atoms with Crippen LogP contribution in [0.4, 0.5) is 5.69 Å². The number of rotatable bonds is 6. The van der Waals surface area contributed by atoms with Crippen molar-refractivity contribution in [3.05, 3.63) is 52.9 Å². The summed E-state index contributed by atoms with van der Waals surface area (Å²) in [4.78, 5) is 2.18. The van der Waals surface area contributed by atoms with Crippen molar-refractivity contribution in [1.82, 2.24) is 5.32 Å². The molecule has 1 heterocycles. The van der Waals surface area contributed by atoms with Gasteiger partial charge in [-0.3, -0.25) is 0 Å². The van der Waals surface area contributed by atoms with E-state index in [2.05, 4.69) is 23.3 Å². The van der Waals surface area contributed by atoms with E-state index in [0.29, 0.717) is 6.04 Å². The topological polar surface area (TPSA) is 28.4 Å². The van der Waals surface area contributed by atoms with Gasteiger partial charge < -0.3 is 14.6 Å². The molecule has 4 heteroatoms. The number of nitrogens with one attached hydrogen (secondary N) is 1. The molecule has 0 aliphatic heterocycles. The van der Waals surface area contributed by atoms with Gasteiger partial charge in [0, 0.05) is 30.3 Å². The molecule has 0 spiro atoms. The molecule has 3 rings (SSSR count). The van der Waals surface area contributed by atoms with Gasteiger partial charge in [0.15, 0.2) is 0 Å². The quantitative estimate of drug-likeness (QED) is 0.877. The van der Waals surface area contributed by atoms with Gasteiger partial charge in [0.25, 0.3) is 0 Å². The molecule has 0 saturated heterocycles. The number of benzene rings is 1. The van der Waals surface area contributed by atoms with Crippen LogP contribution < -0.4 is 10.2 Å². The largest absolute Gasteiger partial charge is 0.467 e. The molecule has 0 radical (unpaired) electrons. The molecule has 1 aliphatic rings. The fourth-order valence-electron chi connectivity index (χ4n) is 2.31. The fraction of sp³-hybridized carbons (Fsp3) is 0.375. The molecule has 3 nitrogen and oxygen atoms in total. The standard InChI is InChI=1S/C16H19ClN2O/c1-19(11-15-3-2-8-20-15)16-9-13(17)5-4-12(16)10-18-14-6-7-14/h2-5,8-9,14,18H,6-7,10-11H2,1H3. The summed E-state index contributed by atoms with van der Waals surface area (Å²) in [6.07, 6.45) is 4.30. The van der Waals surface area contributed by atoms with E-state index >= 15 is 0 Å². The van der Waals surface area contributed by atoms with Crippen LogP contribution in [0.25, 0.3) is 0 Å². The highest BCUT2D eigenvalue weighted by Gasteiger charge is 2.21. The maximum Gasteiger partial charge on any atom is 0.123 e. The van der Waals surface area contributed by atoms with Gasteiger partial charge in [-0.2, -0.15) is 0 Å². The van der Waals surface area contributed by atoms with Crippen LogP contribution in [0.5, 0.6) is 0 Å². The van der Waals surface area contributed by atoms with E-state index in [1.807, 2.05) is 24.3 Å². The van der Waals surface area contributed by atoms with Gasteiger partial charge in [-0.05, 0) is 42.7 Å². The number of nitrogens with zero attached hydrogens (tertiary/aromatic N) is 1. The number of hydrogen-bond acceptors (Lipinski definition) is 3. The molecule has 0 amide bonds. The minimum absolute atomic E-state index is 0.703. The molecule has 0 unspecified atom stereocenters. The zero-order valence-corrected chi connectivity index (χ0v) is 12.4. The summed E-state index contributed by atoms with van der Waals surface area (Å²) in [5.74, 6) is 0.952. The maximum atomic E-state index is 6.15. The van der Waals surface area contributed by atoms with Gasteiger partial charge in [0.1, 0.15) is 5.76 Å². The number of hydrogen-bond donors (Lipinski definition) is 1. The van der Waals surface area contributed by atoms with E-state index in [1.54, 1.807) is 6.26 Å². The van der Waals surface area contributed by atoms with E-state index in [1.165, 1.54) is 18.4 Å². The van der Waals surface area contributed by atoms with Gasteiger partial charge >= 0.3 is 0 Å². The third-order valence-corrected chi connectivity index (χ3v) is 3.83. The second-order valence-electron chi connectivity index (χ2n) is 5.36. The monoisotopic (exact) mass is 290 g/mol. The summed E-state index contributed by atoms with van der Waals surface area (Å²) in [6, 6.07) is 10.7. The molecule has 0 bridgehead atoms. The Morgan fingerprint density at radius 1 is 1.35 bits per heavy atom. The van der Waals surface area contributed by atoms with Crippen LogP contribution in [0.3, 0.4) is 0 Å². The van der Waals surface area contributed by atoms with Crippen molar-refractivity contribution >= 4 is 17.3 Å². The lowest BCUT2D eigenvalue weighted by atomic mass is 10.1. The molecule has 106 valence electrons. The average molecular weight is 291 g/mol. The van der Waals surface area contributed by atoms with Gasteiger partial charge in [-0.1, -0.05) is 17.7 Å². The number of furan rings is 1. The fourth-order valence-corrected chi connectivity index (χ4v) is 2.47. The minimum Gasteiger partial charge on any atom is -0.467 e. The zero-order valence-electron chi connectivity index (χ0n) is 11.6. The highest BCUT2D eigenvalue weighted by Crippen LogP contribution is 2.27. The summed E-state index contributed by atoms with van der Waals surface area (Å²) >= 11 is 6.15. The maximum absolute atomic E-state index is 6.15. The van der Waals surface area contributed by atoms with Gasteiger partial charge in [0.05, 0.1) is 12.8 Å². The first-order valence-electron chi connectivity index (χ1n) is 6.98. The number of anilines is 1. The van der Waals surface area contributed by atoms with Crippen molar-refractivity contribution in [3.63, 3.8) is 0 Å². The van der Waals surface area contributed by atoms with Crippen LogP contribution in [-0.2, 0) is 13.1 Å². The Kier molecular flexibility index (Phi) is 3.99. The van der Waals surface area contributed by atoms with Crippen molar-refractivity contribution in [2.75, 3.05) is 11.9 Å². The lowest BCUT2D eigenvalue weighted by molar-refractivity contribution is 0.507. The third-order valence-electron chi connectivity index (χ3n) is 3.59. The Hall–Kier alpha value is -1.45. The Balaban J connectivity index is 1.76. The van der Waals surface area contributed by atoms with Gasteiger partial charge in [-0.25, -0.2) is 0 Å². The zero-order chi connectivity index (χ0) is 13.9. The lowest BCUT2D eigenvalue weighted by Crippen LogP contribution is -2.21. The summed E-state index contributed by atoms with van der Waals surface area (Å²) in [5.41, 5.74) is 2.43. The van der Waals surface area contributed by atoms with Crippen LogP contribution in [0.1, 0.15) is 24.2 Å². The molecule has 1 aromatic heterocycles. The first kappa shape index (κ1) is 13.5. The molecular formula is C16H19ClN2O. The highest BCUT2D eigenvalue weighted by atomic mass is 35.5. The first-order valence-corrected chi connectivity index (χ1v) is 7.35. The molecule has 1 N–H and O–H groups in total. The molecule has 1 aliphatic carbocycles. The van der Waals surface area contributed by atoms with Crippen LogP contribution in [-0.4, -0.2) is 13.1 Å². The molecule has 2 aromatic rings.